The molecule has 0 aliphatic rings. The van der Waals surface area contributed by atoms with Crippen molar-refractivity contribution >= 4 is 11.9 Å². The molecule has 0 fully saturated rings. The van der Waals surface area contributed by atoms with E-state index >= 15 is 0 Å². The summed E-state index contributed by atoms with van der Waals surface area (Å²) >= 11 is 0. The van der Waals surface area contributed by atoms with Gasteiger partial charge in [0.1, 0.15) is 0 Å². The highest BCUT2D eigenvalue weighted by atomic mass is 16.5. The first-order valence-electron chi connectivity index (χ1n) is 31.1. The van der Waals surface area contributed by atoms with Crippen LogP contribution in [0, 0.1) is 0 Å². The van der Waals surface area contributed by atoms with Crippen LogP contribution in [0.5, 0.6) is 0 Å². The summed E-state index contributed by atoms with van der Waals surface area (Å²) < 4.78 is 5.48. The number of ether oxygens (including phenoxy) is 1. The molecule has 69 heavy (non-hydrogen) atoms. The molecule has 0 aromatic rings. The number of hydrogen-bond acceptors (Lipinski definition) is 5. The smallest absolute Gasteiger partial charge is 0.305 e. The Morgan fingerprint density at radius 1 is 0.406 bits per heavy atom. The van der Waals surface area contributed by atoms with Crippen LogP contribution in [0.3, 0.4) is 0 Å². The van der Waals surface area contributed by atoms with E-state index in [0.717, 1.165) is 51.4 Å². The van der Waals surface area contributed by atoms with Crippen molar-refractivity contribution in [3.8, 4) is 0 Å². The minimum atomic E-state index is -0.661. The summed E-state index contributed by atoms with van der Waals surface area (Å²) in [6.45, 7) is 4.93. The molecule has 0 radical (unpaired) electrons. The second-order valence-electron chi connectivity index (χ2n) is 21.4. The first-order valence-corrected chi connectivity index (χ1v) is 31.1. The third-order valence-corrected chi connectivity index (χ3v) is 14.5. The van der Waals surface area contributed by atoms with Gasteiger partial charge in [-0.1, -0.05) is 295 Å². The van der Waals surface area contributed by atoms with Crippen molar-refractivity contribution in [3.05, 3.63) is 24.3 Å². The van der Waals surface area contributed by atoms with Gasteiger partial charge in [-0.3, -0.25) is 9.59 Å². The molecule has 2 atom stereocenters. The molecule has 0 aliphatic carbocycles. The number of rotatable bonds is 58. The van der Waals surface area contributed by atoms with Crippen molar-refractivity contribution in [1.29, 1.82) is 0 Å². The van der Waals surface area contributed by atoms with E-state index in [2.05, 4.69) is 43.5 Å². The van der Waals surface area contributed by atoms with Crippen LogP contribution in [0.2, 0.25) is 0 Å². The van der Waals surface area contributed by atoms with Crippen molar-refractivity contribution in [2.24, 2.45) is 0 Å². The molecule has 0 aromatic heterocycles. The lowest BCUT2D eigenvalue weighted by Gasteiger charge is -2.22. The summed E-state index contributed by atoms with van der Waals surface area (Å²) in [6.07, 6.45) is 72.0. The minimum absolute atomic E-state index is 0.00343. The number of nitrogens with one attached hydrogen (secondary N) is 1. The van der Waals surface area contributed by atoms with Gasteiger partial charge in [0.25, 0.3) is 0 Å². The second kappa shape index (κ2) is 58.9. The van der Waals surface area contributed by atoms with Gasteiger partial charge in [0.2, 0.25) is 5.91 Å². The molecule has 2 unspecified atom stereocenters. The van der Waals surface area contributed by atoms with Gasteiger partial charge in [0, 0.05) is 12.8 Å². The Morgan fingerprint density at radius 2 is 0.725 bits per heavy atom. The summed E-state index contributed by atoms with van der Waals surface area (Å²) in [6, 6.07) is -0.538. The maximum Gasteiger partial charge on any atom is 0.305 e. The normalized spacial score (nSPS) is 12.7. The third-order valence-electron chi connectivity index (χ3n) is 14.5. The van der Waals surface area contributed by atoms with Gasteiger partial charge < -0.3 is 20.3 Å². The average molecular weight is 973 g/mol. The summed E-state index contributed by atoms with van der Waals surface area (Å²) in [7, 11) is 0. The lowest BCUT2D eigenvalue weighted by molar-refractivity contribution is -0.143. The standard InChI is InChI=1S/C63H121NO5/c1-3-5-7-9-11-13-15-16-29-33-37-41-45-49-53-57-63(68)69-58-54-50-46-42-38-34-31-28-26-24-22-20-18-17-19-21-23-25-27-30-32-36-40-44-48-52-56-62(67)64-60(59-65)61(66)55-51-47-43-39-35-14-12-10-8-6-4-2/h11,13,16,29,60-61,65-66H,3-10,12,14-15,17-28,30-59H2,1-2H3,(H,64,67)/b13-11-,29-16-. The zero-order valence-electron chi connectivity index (χ0n) is 46.6. The van der Waals surface area contributed by atoms with Crippen molar-refractivity contribution in [1.82, 2.24) is 5.32 Å². The topological polar surface area (TPSA) is 95.9 Å². The molecule has 6 heteroatoms. The van der Waals surface area contributed by atoms with Crippen LogP contribution in [0.15, 0.2) is 24.3 Å². The molecular formula is C63H121NO5. The van der Waals surface area contributed by atoms with E-state index in [-0.39, 0.29) is 18.5 Å². The molecule has 0 heterocycles. The molecule has 0 spiro atoms. The number of aliphatic hydroxyl groups excluding tert-OH is 2. The number of unbranched alkanes of at least 4 members (excludes halogenated alkanes) is 43. The lowest BCUT2D eigenvalue weighted by Crippen LogP contribution is -2.45. The Hall–Kier alpha value is -1.66. The molecule has 0 bridgehead atoms. The van der Waals surface area contributed by atoms with Crippen LogP contribution < -0.4 is 5.32 Å². The van der Waals surface area contributed by atoms with Crippen LogP contribution in [-0.2, 0) is 14.3 Å². The van der Waals surface area contributed by atoms with Gasteiger partial charge in [-0.25, -0.2) is 0 Å². The maximum atomic E-state index is 12.4. The van der Waals surface area contributed by atoms with E-state index in [0.29, 0.717) is 25.9 Å². The van der Waals surface area contributed by atoms with E-state index < -0.39 is 12.1 Å². The molecule has 0 aliphatic heterocycles. The summed E-state index contributed by atoms with van der Waals surface area (Å²) in [5, 5.41) is 23.2. The fourth-order valence-electron chi connectivity index (χ4n) is 9.73. The highest BCUT2D eigenvalue weighted by Crippen LogP contribution is 2.18. The predicted molar refractivity (Wildman–Crippen MR) is 301 cm³/mol. The number of amides is 1. The van der Waals surface area contributed by atoms with Crippen LogP contribution in [-0.4, -0.2) is 47.4 Å². The van der Waals surface area contributed by atoms with E-state index in [4.69, 9.17) is 4.74 Å². The molecule has 0 saturated carbocycles. The van der Waals surface area contributed by atoms with Gasteiger partial charge in [0.05, 0.1) is 25.4 Å². The number of esters is 1. The Bertz CT molecular complexity index is 1080. The molecule has 6 nitrogen and oxygen atoms in total. The SMILES string of the molecule is CCCCC/C=C\C/C=C\CCCCCCCC(=O)OCCCCCCCCCCCCCCCCCCCCCCCCCCCCC(=O)NC(CO)C(O)CCCCCCCCCCCCC. The largest absolute Gasteiger partial charge is 0.466 e. The fourth-order valence-corrected chi connectivity index (χ4v) is 9.73. The fraction of sp³-hybridized carbons (Fsp3) is 0.905. The van der Waals surface area contributed by atoms with Gasteiger partial charge in [-0.05, 0) is 57.8 Å². The van der Waals surface area contributed by atoms with E-state index in [1.54, 1.807) is 0 Å². The van der Waals surface area contributed by atoms with E-state index in [1.165, 1.54) is 257 Å². The molecule has 3 N–H and O–H groups in total. The Balaban J connectivity index is 3.33. The van der Waals surface area contributed by atoms with Crippen molar-refractivity contribution in [2.75, 3.05) is 13.2 Å². The van der Waals surface area contributed by atoms with Crippen molar-refractivity contribution in [2.45, 2.75) is 353 Å². The quantitative estimate of drug-likeness (QED) is 0.0321. The first-order chi connectivity index (χ1) is 34.0. The van der Waals surface area contributed by atoms with Gasteiger partial charge in [0.15, 0.2) is 0 Å². The third kappa shape index (κ3) is 55.5. The molecular weight excluding hydrogens is 851 g/mol. The Kier molecular flexibility index (Phi) is 57.5. The highest BCUT2D eigenvalue weighted by molar-refractivity contribution is 5.76. The number of hydrogen-bond donors (Lipinski definition) is 3. The Labute approximate surface area is 431 Å². The molecule has 1 amide bonds. The minimum Gasteiger partial charge on any atom is -0.466 e. The maximum absolute atomic E-state index is 12.4. The number of aliphatic hydroxyl groups is 2. The molecule has 0 rings (SSSR count). The summed E-state index contributed by atoms with van der Waals surface area (Å²) in [5.41, 5.74) is 0. The van der Waals surface area contributed by atoms with E-state index in [9.17, 15) is 19.8 Å². The summed E-state index contributed by atoms with van der Waals surface area (Å²) in [5.74, 6) is -0.0293. The van der Waals surface area contributed by atoms with Crippen molar-refractivity contribution < 1.29 is 24.5 Å². The van der Waals surface area contributed by atoms with Crippen LogP contribution in [0.25, 0.3) is 0 Å². The predicted octanol–water partition coefficient (Wildman–Crippen LogP) is 19.4. The van der Waals surface area contributed by atoms with Crippen molar-refractivity contribution in [3.63, 3.8) is 0 Å². The first kappa shape index (κ1) is 67.3. The Morgan fingerprint density at radius 3 is 1.13 bits per heavy atom. The number of carbonyl (C=O) groups is 2. The molecule has 408 valence electrons. The zero-order valence-corrected chi connectivity index (χ0v) is 46.6. The monoisotopic (exact) mass is 972 g/mol. The van der Waals surface area contributed by atoms with Crippen LogP contribution in [0.1, 0.15) is 341 Å². The number of carbonyl (C=O) groups excluding carboxylic acids is 2. The number of allylic oxidation sites excluding steroid dienone is 4. The summed E-state index contributed by atoms with van der Waals surface area (Å²) in [4.78, 5) is 24.5. The van der Waals surface area contributed by atoms with Crippen LogP contribution >= 0.6 is 0 Å². The lowest BCUT2D eigenvalue weighted by atomic mass is 10.0. The highest BCUT2D eigenvalue weighted by Gasteiger charge is 2.20. The molecule has 0 aromatic carbocycles. The van der Waals surface area contributed by atoms with Gasteiger partial charge in [-0.15, -0.1) is 0 Å². The average Bonchev–Trinajstić information content (AvgIpc) is 3.35. The second-order valence-corrected chi connectivity index (χ2v) is 21.4. The van der Waals surface area contributed by atoms with Gasteiger partial charge >= 0.3 is 5.97 Å². The van der Waals surface area contributed by atoms with E-state index in [1.807, 2.05) is 0 Å². The zero-order chi connectivity index (χ0) is 50.0. The van der Waals surface area contributed by atoms with Gasteiger partial charge in [-0.2, -0.15) is 0 Å². The van der Waals surface area contributed by atoms with Crippen LogP contribution in [0.4, 0.5) is 0 Å². The molecule has 0 saturated heterocycles.